The van der Waals surface area contributed by atoms with Crippen LogP contribution in [0.2, 0.25) is 0 Å². The quantitative estimate of drug-likeness (QED) is 0.417. The molecule has 0 unspecified atom stereocenters. The first-order valence-electron chi connectivity index (χ1n) is 8.03. The van der Waals surface area contributed by atoms with Crippen LogP contribution in [0.15, 0.2) is 4.99 Å². The first kappa shape index (κ1) is 21.3. The second kappa shape index (κ2) is 11.8. The molecule has 1 fully saturated rings. The lowest BCUT2D eigenvalue weighted by molar-refractivity contribution is 0.0914. The van der Waals surface area contributed by atoms with Gasteiger partial charge in [-0.1, -0.05) is 26.7 Å². The van der Waals surface area contributed by atoms with Gasteiger partial charge >= 0.3 is 6.09 Å². The van der Waals surface area contributed by atoms with Crippen molar-refractivity contribution in [1.82, 2.24) is 15.1 Å². The van der Waals surface area contributed by atoms with E-state index in [1.807, 2.05) is 14.0 Å². The summed E-state index contributed by atoms with van der Waals surface area (Å²) in [5.41, 5.74) is 0. The van der Waals surface area contributed by atoms with Crippen molar-refractivity contribution in [2.45, 2.75) is 33.6 Å². The predicted molar refractivity (Wildman–Crippen MR) is 101 cm³/mol. The minimum Gasteiger partial charge on any atom is -0.450 e. The summed E-state index contributed by atoms with van der Waals surface area (Å²) < 4.78 is 5.03. The van der Waals surface area contributed by atoms with Crippen molar-refractivity contribution in [2.24, 2.45) is 10.9 Å². The number of nitrogens with one attached hydrogen (secondary N) is 1. The van der Waals surface area contributed by atoms with Gasteiger partial charge in [0.2, 0.25) is 0 Å². The highest BCUT2D eigenvalue weighted by molar-refractivity contribution is 14.0. The van der Waals surface area contributed by atoms with Crippen LogP contribution in [-0.4, -0.2) is 68.2 Å². The van der Waals surface area contributed by atoms with Crippen LogP contribution in [0.1, 0.15) is 33.6 Å². The van der Waals surface area contributed by atoms with Crippen molar-refractivity contribution in [3.63, 3.8) is 0 Å². The Morgan fingerprint density at radius 2 is 1.68 bits per heavy atom. The summed E-state index contributed by atoms with van der Waals surface area (Å²) in [7, 11) is 1.81. The van der Waals surface area contributed by atoms with Crippen LogP contribution in [0.25, 0.3) is 0 Å². The summed E-state index contributed by atoms with van der Waals surface area (Å²) in [6.45, 7) is 10.6. The average molecular weight is 426 g/mol. The average Bonchev–Trinajstić information content (AvgIpc) is 2.52. The maximum atomic E-state index is 11.7. The number of carbonyl (C=O) groups is 1. The normalized spacial score (nSPS) is 15.6. The number of rotatable bonds is 5. The largest absolute Gasteiger partial charge is 0.450 e. The fraction of sp³-hybridized carbons (Fsp3) is 0.867. The lowest BCUT2D eigenvalue weighted by Gasteiger charge is -2.36. The fourth-order valence-corrected chi connectivity index (χ4v) is 2.46. The Balaban J connectivity index is 0.00000441. The molecule has 22 heavy (non-hydrogen) atoms. The molecule has 0 aliphatic carbocycles. The van der Waals surface area contributed by atoms with Crippen molar-refractivity contribution < 1.29 is 9.53 Å². The van der Waals surface area contributed by atoms with Gasteiger partial charge in [-0.2, -0.15) is 0 Å². The molecule has 130 valence electrons. The fourth-order valence-electron chi connectivity index (χ4n) is 2.46. The van der Waals surface area contributed by atoms with Crippen LogP contribution in [0, 0.1) is 5.92 Å². The van der Waals surface area contributed by atoms with Gasteiger partial charge in [-0.25, -0.2) is 4.79 Å². The van der Waals surface area contributed by atoms with E-state index in [9.17, 15) is 4.79 Å². The maximum Gasteiger partial charge on any atom is 0.409 e. The Kier molecular flexibility index (Phi) is 11.4. The zero-order valence-corrected chi connectivity index (χ0v) is 16.6. The molecule has 0 aromatic rings. The standard InChI is InChI=1S/C15H30N4O2.HI/c1-5-13(6-2)12-17-14(16-4)18-8-10-19(11-9-18)15(20)21-7-3;/h13H,5-12H2,1-4H3,(H,16,17);1H. The lowest BCUT2D eigenvalue weighted by atomic mass is 10.0. The molecule has 1 N–H and O–H groups in total. The third-order valence-corrected chi connectivity index (χ3v) is 4.02. The van der Waals surface area contributed by atoms with Gasteiger partial charge in [0.05, 0.1) is 6.61 Å². The minimum atomic E-state index is -0.211. The molecule has 0 aromatic heterocycles. The van der Waals surface area contributed by atoms with Gasteiger partial charge in [0.15, 0.2) is 5.96 Å². The number of halogens is 1. The Hall–Kier alpha value is -0.730. The van der Waals surface area contributed by atoms with E-state index >= 15 is 0 Å². The summed E-state index contributed by atoms with van der Waals surface area (Å²) in [5.74, 6) is 1.62. The van der Waals surface area contributed by atoms with Gasteiger partial charge in [0.25, 0.3) is 0 Å². The Morgan fingerprint density at radius 1 is 1.14 bits per heavy atom. The number of nitrogens with zero attached hydrogens (tertiary/aromatic N) is 3. The number of ether oxygens (including phenoxy) is 1. The monoisotopic (exact) mass is 426 g/mol. The highest BCUT2D eigenvalue weighted by Crippen LogP contribution is 2.07. The van der Waals surface area contributed by atoms with E-state index in [4.69, 9.17) is 4.74 Å². The zero-order valence-electron chi connectivity index (χ0n) is 14.3. The maximum absolute atomic E-state index is 11.7. The van der Waals surface area contributed by atoms with Gasteiger partial charge in [0, 0.05) is 39.8 Å². The molecule has 0 spiro atoms. The van der Waals surface area contributed by atoms with Crippen molar-refractivity contribution in [2.75, 3.05) is 46.4 Å². The molecule has 0 atom stereocenters. The van der Waals surface area contributed by atoms with Gasteiger partial charge in [-0.15, -0.1) is 24.0 Å². The molecule has 0 saturated carbocycles. The molecule has 0 radical (unpaired) electrons. The summed E-state index contributed by atoms with van der Waals surface area (Å²) in [5, 5.41) is 3.45. The van der Waals surface area contributed by atoms with Crippen molar-refractivity contribution in [3.8, 4) is 0 Å². The van der Waals surface area contributed by atoms with Crippen LogP contribution in [0.5, 0.6) is 0 Å². The Bertz CT molecular complexity index is 340. The molecule has 1 aliphatic rings. The minimum absolute atomic E-state index is 0. The smallest absolute Gasteiger partial charge is 0.409 e. The van der Waals surface area contributed by atoms with E-state index in [2.05, 4.69) is 29.1 Å². The molecule has 1 aliphatic heterocycles. The number of hydrogen-bond acceptors (Lipinski definition) is 3. The summed E-state index contributed by atoms with van der Waals surface area (Å²) in [4.78, 5) is 20.0. The van der Waals surface area contributed by atoms with E-state index in [1.54, 1.807) is 4.90 Å². The van der Waals surface area contributed by atoms with Crippen LogP contribution in [-0.2, 0) is 4.74 Å². The predicted octanol–water partition coefficient (Wildman–Crippen LogP) is 2.39. The highest BCUT2D eigenvalue weighted by atomic mass is 127. The zero-order chi connectivity index (χ0) is 15.7. The Labute approximate surface area is 151 Å². The number of amides is 1. The molecular weight excluding hydrogens is 395 g/mol. The molecule has 0 bridgehead atoms. The van der Waals surface area contributed by atoms with Gasteiger partial charge in [0.1, 0.15) is 0 Å². The second-order valence-electron chi connectivity index (χ2n) is 5.28. The number of hydrogen-bond donors (Lipinski definition) is 1. The number of carbonyl (C=O) groups excluding carboxylic acids is 1. The van der Waals surface area contributed by atoms with Crippen molar-refractivity contribution >= 4 is 36.0 Å². The van der Waals surface area contributed by atoms with Crippen LogP contribution in [0.3, 0.4) is 0 Å². The van der Waals surface area contributed by atoms with Gasteiger partial charge in [-0.05, 0) is 12.8 Å². The topological polar surface area (TPSA) is 57.2 Å². The van der Waals surface area contributed by atoms with Gasteiger partial charge < -0.3 is 19.9 Å². The van der Waals surface area contributed by atoms with Gasteiger partial charge in [-0.3, -0.25) is 4.99 Å². The van der Waals surface area contributed by atoms with E-state index in [1.165, 1.54) is 12.8 Å². The lowest BCUT2D eigenvalue weighted by Crippen LogP contribution is -2.54. The molecule has 7 heteroatoms. The molecule has 0 aromatic carbocycles. The molecule has 1 saturated heterocycles. The summed E-state index contributed by atoms with van der Waals surface area (Å²) in [6, 6.07) is 0. The third kappa shape index (κ3) is 6.58. The van der Waals surface area contributed by atoms with Crippen molar-refractivity contribution in [3.05, 3.63) is 0 Å². The van der Waals surface area contributed by atoms with E-state index in [0.717, 1.165) is 25.6 Å². The summed E-state index contributed by atoms with van der Waals surface area (Å²) in [6.07, 6.45) is 2.14. The first-order chi connectivity index (χ1) is 10.2. The first-order valence-corrected chi connectivity index (χ1v) is 8.03. The summed E-state index contributed by atoms with van der Waals surface area (Å²) >= 11 is 0. The SMILES string of the molecule is CCOC(=O)N1CCN(C(=NC)NCC(CC)CC)CC1.I. The van der Waals surface area contributed by atoms with Crippen LogP contribution in [0.4, 0.5) is 4.79 Å². The second-order valence-corrected chi connectivity index (χ2v) is 5.28. The van der Waals surface area contributed by atoms with E-state index < -0.39 is 0 Å². The molecule has 6 nitrogen and oxygen atoms in total. The third-order valence-electron chi connectivity index (χ3n) is 4.02. The van der Waals surface area contributed by atoms with Crippen LogP contribution >= 0.6 is 24.0 Å². The van der Waals surface area contributed by atoms with E-state index in [-0.39, 0.29) is 30.1 Å². The van der Waals surface area contributed by atoms with Crippen molar-refractivity contribution in [1.29, 1.82) is 0 Å². The number of aliphatic imine (C=N–C) groups is 1. The number of guanidine groups is 1. The molecular formula is C15H31IN4O2. The molecule has 1 rings (SSSR count). The number of piperazine rings is 1. The Morgan fingerprint density at radius 3 is 2.14 bits per heavy atom. The van der Waals surface area contributed by atoms with Crippen LogP contribution < -0.4 is 5.32 Å². The molecule has 1 heterocycles. The highest BCUT2D eigenvalue weighted by Gasteiger charge is 2.23. The molecule has 1 amide bonds. The van der Waals surface area contributed by atoms with E-state index in [0.29, 0.717) is 25.6 Å².